The maximum Gasteiger partial charge on any atom is 0.257 e. The molecule has 2 heterocycles. The lowest BCUT2D eigenvalue weighted by Crippen LogP contribution is -2.51. The van der Waals surface area contributed by atoms with Crippen molar-refractivity contribution in [3.05, 3.63) is 47.2 Å². The number of carbonyl (C=O) groups excluding carboxylic acids is 2. The zero-order valence-electron chi connectivity index (χ0n) is 14.8. The minimum atomic E-state index is -0.791. The fourth-order valence-corrected chi connectivity index (χ4v) is 3.02. The van der Waals surface area contributed by atoms with E-state index in [4.69, 9.17) is 4.74 Å². The highest BCUT2D eigenvalue weighted by atomic mass is 16.5. The second-order valence-electron chi connectivity index (χ2n) is 6.38. The molecule has 1 saturated heterocycles. The third-order valence-electron chi connectivity index (χ3n) is 4.41. The molecule has 0 unspecified atom stereocenters. The summed E-state index contributed by atoms with van der Waals surface area (Å²) in [6.45, 7) is 3.74. The molecule has 1 aromatic carbocycles. The number of nitrogens with zero attached hydrogens (tertiary/aromatic N) is 3. The Morgan fingerprint density at radius 1 is 1.24 bits per heavy atom. The summed E-state index contributed by atoms with van der Waals surface area (Å²) in [6, 6.07) is 9.08. The Morgan fingerprint density at radius 3 is 2.52 bits per heavy atom. The first-order valence-corrected chi connectivity index (χ1v) is 8.12. The van der Waals surface area contributed by atoms with Gasteiger partial charge in [-0.2, -0.15) is 5.10 Å². The topological polar surface area (TPSA) is 76.5 Å². The fraction of sp³-hybridized carbons (Fsp3) is 0.389. The van der Waals surface area contributed by atoms with Gasteiger partial charge in [-0.3, -0.25) is 14.3 Å². The first kappa shape index (κ1) is 17.2. The van der Waals surface area contributed by atoms with Gasteiger partial charge >= 0.3 is 0 Å². The van der Waals surface area contributed by atoms with Gasteiger partial charge in [0.15, 0.2) is 6.10 Å². The SMILES string of the molecule is Cc1ccc([C@H]2[C@H](C(=O)Nc3cc(C)nn3C)OCC(=O)N2C)cc1. The lowest BCUT2D eigenvalue weighted by atomic mass is 9.97. The predicted molar refractivity (Wildman–Crippen MR) is 93.0 cm³/mol. The molecule has 1 aliphatic heterocycles. The number of morpholine rings is 1. The molecule has 0 saturated carbocycles. The molecular formula is C18H22N4O3. The number of anilines is 1. The average Bonchev–Trinajstić information content (AvgIpc) is 2.88. The van der Waals surface area contributed by atoms with E-state index in [1.165, 1.54) is 0 Å². The minimum Gasteiger partial charge on any atom is -0.356 e. The highest BCUT2D eigenvalue weighted by Gasteiger charge is 2.40. The van der Waals surface area contributed by atoms with Crippen LogP contribution >= 0.6 is 0 Å². The van der Waals surface area contributed by atoms with Gasteiger partial charge < -0.3 is 15.0 Å². The second-order valence-corrected chi connectivity index (χ2v) is 6.38. The highest BCUT2D eigenvalue weighted by Crippen LogP contribution is 2.30. The van der Waals surface area contributed by atoms with Crippen molar-refractivity contribution in [2.45, 2.75) is 26.0 Å². The van der Waals surface area contributed by atoms with E-state index in [0.717, 1.165) is 16.8 Å². The van der Waals surface area contributed by atoms with Crippen LogP contribution < -0.4 is 5.32 Å². The van der Waals surface area contributed by atoms with Gasteiger partial charge in [0.1, 0.15) is 12.4 Å². The van der Waals surface area contributed by atoms with Crippen LogP contribution in [0.1, 0.15) is 22.9 Å². The molecule has 7 nitrogen and oxygen atoms in total. The number of rotatable bonds is 3. The molecule has 2 aromatic rings. The first-order chi connectivity index (χ1) is 11.9. The lowest BCUT2D eigenvalue weighted by molar-refractivity contribution is -0.160. The van der Waals surface area contributed by atoms with Crippen molar-refractivity contribution < 1.29 is 14.3 Å². The number of aromatic nitrogens is 2. The Balaban J connectivity index is 1.88. The van der Waals surface area contributed by atoms with E-state index >= 15 is 0 Å². The summed E-state index contributed by atoms with van der Waals surface area (Å²) in [5.74, 6) is 0.146. The third-order valence-corrected chi connectivity index (χ3v) is 4.41. The molecule has 132 valence electrons. The van der Waals surface area contributed by atoms with Gasteiger partial charge in [-0.15, -0.1) is 0 Å². The van der Waals surface area contributed by atoms with Crippen LogP contribution in [0, 0.1) is 13.8 Å². The van der Waals surface area contributed by atoms with Gasteiger partial charge in [0.2, 0.25) is 5.91 Å². The van der Waals surface area contributed by atoms with Gasteiger partial charge in [-0.05, 0) is 19.4 Å². The Bertz CT molecular complexity index is 797. The summed E-state index contributed by atoms with van der Waals surface area (Å²) >= 11 is 0. The molecule has 25 heavy (non-hydrogen) atoms. The summed E-state index contributed by atoms with van der Waals surface area (Å²) in [7, 11) is 3.46. The fourth-order valence-electron chi connectivity index (χ4n) is 3.02. The van der Waals surface area contributed by atoms with E-state index in [9.17, 15) is 9.59 Å². The van der Waals surface area contributed by atoms with Crippen molar-refractivity contribution in [3.63, 3.8) is 0 Å². The zero-order chi connectivity index (χ0) is 18.1. The summed E-state index contributed by atoms with van der Waals surface area (Å²) in [5.41, 5.74) is 2.79. The van der Waals surface area contributed by atoms with Crippen LogP contribution in [-0.4, -0.2) is 46.3 Å². The van der Waals surface area contributed by atoms with Gasteiger partial charge in [0.25, 0.3) is 5.91 Å². The number of hydrogen-bond acceptors (Lipinski definition) is 4. The van der Waals surface area contributed by atoms with Crippen molar-refractivity contribution in [2.24, 2.45) is 7.05 Å². The van der Waals surface area contributed by atoms with Crippen molar-refractivity contribution in [1.82, 2.24) is 14.7 Å². The summed E-state index contributed by atoms with van der Waals surface area (Å²) in [5, 5.41) is 7.07. The number of amides is 2. The maximum atomic E-state index is 12.8. The molecule has 0 radical (unpaired) electrons. The van der Waals surface area contributed by atoms with Gasteiger partial charge in [0.05, 0.1) is 11.7 Å². The van der Waals surface area contributed by atoms with E-state index in [2.05, 4.69) is 10.4 Å². The van der Waals surface area contributed by atoms with Gasteiger partial charge in [-0.1, -0.05) is 29.8 Å². The van der Waals surface area contributed by atoms with E-state index in [1.807, 2.05) is 38.1 Å². The molecule has 3 rings (SSSR count). The molecule has 0 bridgehead atoms. The number of aryl methyl sites for hydroxylation is 3. The zero-order valence-corrected chi connectivity index (χ0v) is 14.8. The lowest BCUT2D eigenvalue weighted by Gasteiger charge is -2.38. The molecule has 2 atom stereocenters. The van der Waals surface area contributed by atoms with Crippen molar-refractivity contribution in [1.29, 1.82) is 0 Å². The number of carbonyl (C=O) groups is 2. The normalized spacial score (nSPS) is 20.6. The quantitative estimate of drug-likeness (QED) is 0.919. The van der Waals surface area contributed by atoms with Crippen molar-refractivity contribution >= 4 is 17.6 Å². The van der Waals surface area contributed by atoms with E-state index < -0.39 is 12.1 Å². The van der Waals surface area contributed by atoms with Crippen molar-refractivity contribution in [2.75, 3.05) is 19.0 Å². The third kappa shape index (κ3) is 3.41. The standard InChI is InChI=1S/C18H22N4O3/c1-11-5-7-13(8-6-11)16-17(25-10-15(23)21(16)3)18(24)19-14-9-12(2)20-22(14)4/h5-9,16-17H,10H2,1-4H3,(H,19,24)/t16-,17+/m0/s1. The molecule has 2 amide bonds. The minimum absolute atomic E-state index is 0.110. The highest BCUT2D eigenvalue weighted by molar-refractivity contribution is 5.95. The van der Waals surface area contributed by atoms with Crippen LogP contribution in [0.5, 0.6) is 0 Å². The number of hydrogen-bond donors (Lipinski definition) is 1. The Hall–Kier alpha value is -2.67. The number of likely N-dealkylation sites (N-methyl/N-ethyl adjacent to an activating group) is 1. The molecule has 1 fully saturated rings. The summed E-state index contributed by atoms with van der Waals surface area (Å²) in [6.07, 6.45) is -0.791. The number of benzene rings is 1. The van der Waals surface area contributed by atoms with Gasteiger partial charge in [0, 0.05) is 20.2 Å². The maximum absolute atomic E-state index is 12.8. The molecule has 7 heteroatoms. The second kappa shape index (κ2) is 6.68. The molecule has 1 N–H and O–H groups in total. The number of nitrogens with one attached hydrogen (secondary N) is 1. The van der Waals surface area contributed by atoms with Crippen molar-refractivity contribution in [3.8, 4) is 0 Å². The summed E-state index contributed by atoms with van der Waals surface area (Å²) in [4.78, 5) is 26.5. The van der Waals surface area contributed by atoms with Crippen LogP contribution in [0.3, 0.4) is 0 Å². The molecule has 1 aliphatic rings. The monoisotopic (exact) mass is 342 g/mol. The predicted octanol–water partition coefficient (Wildman–Crippen LogP) is 1.57. The molecule has 0 spiro atoms. The van der Waals surface area contributed by atoms with Crippen LogP contribution in [0.2, 0.25) is 0 Å². The van der Waals surface area contributed by atoms with Crippen LogP contribution in [0.4, 0.5) is 5.82 Å². The number of ether oxygens (including phenoxy) is 1. The van der Waals surface area contributed by atoms with Gasteiger partial charge in [-0.25, -0.2) is 0 Å². The van der Waals surface area contributed by atoms with Crippen LogP contribution in [0.25, 0.3) is 0 Å². The first-order valence-electron chi connectivity index (χ1n) is 8.12. The van der Waals surface area contributed by atoms with E-state index in [-0.39, 0.29) is 18.4 Å². The Morgan fingerprint density at radius 2 is 1.92 bits per heavy atom. The Kier molecular flexibility index (Phi) is 4.59. The Labute approximate surface area is 146 Å². The summed E-state index contributed by atoms with van der Waals surface area (Å²) < 4.78 is 7.21. The van der Waals surface area contributed by atoms with E-state index in [0.29, 0.717) is 5.82 Å². The smallest absolute Gasteiger partial charge is 0.257 e. The largest absolute Gasteiger partial charge is 0.356 e. The van der Waals surface area contributed by atoms with Crippen LogP contribution in [0.15, 0.2) is 30.3 Å². The molecular weight excluding hydrogens is 320 g/mol. The average molecular weight is 342 g/mol. The van der Waals surface area contributed by atoms with E-state index in [1.54, 1.807) is 29.7 Å². The van der Waals surface area contributed by atoms with Crippen LogP contribution in [-0.2, 0) is 21.4 Å². The molecule has 0 aliphatic carbocycles. The molecule has 1 aromatic heterocycles.